The van der Waals surface area contributed by atoms with Crippen LogP contribution in [0.1, 0.15) is 33.3 Å². The maximum Gasteiger partial charge on any atom is 0.408 e. The summed E-state index contributed by atoms with van der Waals surface area (Å²) >= 11 is 0. The predicted molar refractivity (Wildman–Crippen MR) is 94.4 cm³/mol. The van der Waals surface area contributed by atoms with Gasteiger partial charge < -0.3 is 24.8 Å². The number of esters is 1. The fourth-order valence-electron chi connectivity index (χ4n) is 1.85. The number of amides is 2. The second-order valence-electron chi connectivity index (χ2n) is 6.39. The molecule has 0 spiro atoms. The van der Waals surface area contributed by atoms with Crippen LogP contribution in [0.5, 0.6) is 0 Å². The van der Waals surface area contributed by atoms with Crippen molar-refractivity contribution in [3.8, 4) is 0 Å². The SMILES string of the molecule is CCOC(=O)C(CNC(=O)OCc1ccccc1)NC(=O)OC(C)(C)C. The first-order valence-corrected chi connectivity index (χ1v) is 8.32. The van der Waals surface area contributed by atoms with Gasteiger partial charge in [0.25, 0.3) is 0 Å². The van der Waals surface area contributed by atoms with E-state index in [0.717, 1.165) is 5.56 Å². The van der Waals surface area contributed by atoms with Gasteiger partial charge >= 0.3 is 18.2 Å². The van der Waals surface area contributed by atoms with Crippen LogP contribution >= 0.6 is 0 Å². The van der Waals surface area contributed by atoms with E-state index >= 15 is 0 Å². The molecular weight excluding hydrogens is 340 g/mol. The smallest absolute Gasteiger partial charge is 0.408 e. The van der Waals surface area contributed by atoms with Crippen LogP contribution in [-0.4, -0.2) is 43.0 Å². The van der Waals surface area contributed by atoms with Crippen LogP contribution in [0.15, 0.2) is 30.3 Å². The number of hydrogen-bond acceptors (Lipinski definition) is 6. The Morgan fingerprint density at radius 2 is 1.69 bits per heavy atom. The van der Waals surface area contributed by atoms with Crippen LogP contribution in [-0.2, 0) is 25.6 Å². The number of carbonyl (C=O) groups is 3. The number of rotatable bonds is 7. The van der Waals surface area contributed by atoms with Crippen molar-refractivity contribution < 1.29 is 28.6 Å². The van der Waals surface area contributed by atoms with Crippen LogP contribution in [0, 0.1) is 0 Å². The molecule has 1 unspecified atom stereocenters. The van der Waals surface area contributed by atoms with Crippen LogP contribution in [0.3, 0.4) is 0 Å². The van der Waals surface area contributed by atoms with Gasteiger partial charge in [0.1, 0.15) is 18.2 Å². The summed E-state index contributed by atoms with van der Waals surface area (Å²) in [6, 6.07) is 8.07. The lowest BCUT2D eigenvalue weighted by atomic mass is 10.2. The first-order valence-electron chi connectivity index (χ1n) is 8.32. The largest absolute Gasteiger partial charge is 0.464 e. The molecule has 1 rings (SSSR count). The molecule has 8 heteroatoms. The van der Waals surface area contributed by atoms with Gasteiger partial charge in [0.15, 0.2) is 0 Å². The third kappa shape index (κ3) is 8.91. The van der Waals surface area contributed by atoms with E-state index in [0.29, 0.717) is 0 Å². The summed E-state index contributed by atoms with van der Waals surface area (Å²) in [4.78, 5) is 35.6. The molecule has 0 heterocycles. The average molecular weight is 366 g/mol. The summed E-state index contributed by atoms with van der Waals surface area (Å²) in [5.41, 5.74) is 0.113. The number of alkyl carbamates (subject to hydrolysis) is 2. The van der Waals surface area contributed by atoms with E-state index in [1.54, 1.807) is 27.7 Å². The van der Waals surface area contributed by atoms with Crippen molar-refractivity contribution in [2.45, 2.75) is 45.9 Å². The minimum Gasteiger partial charge on any atom is -0.464 e. The third-order valence-electron chi connectivity index (χ3n) is 2.93. The molecule has 0 fully saturated rings. The van der Waals surface area contributed by atoms with Gasteiger partial charge in [0, 0.05) is 0 Å². The molecule has 0 bridgehead atoms. The van der Waals surface area contributed by atoms with E-state index in [1.807, 2.05) is 30.3 Å². The normalized spacial score (nSPS) is 11.8. The average Bonchev–Trinajstić information content (AvgIpc) is 2.56. The maximum atomic E-state index is 12.0. The van der Waals surface area contributed by atoms with E-state index in [9.17, 15) is 14.4 Å². The summed E-state index contributed by atoms with van der Waals surface area (Å²) in [7, 11) is 0. The molecule has 1 aromatic rings. The zero-order valence-corrected chi connectivity index (χ0v) is 15.5. The van der Waals surface area contributed by atoms with E-state index in [2.05, 4.69) is 10.6 Å². The predicted octanol–water partition coefficient (Wildman–Crippen LogP) is 2.37. The Hall–Kier alpha value is -2.77. The van der Waals surface area contributed by atoms with Crippen LogP contribution in [0.25, 0.3) is 0 Å². The molecule has 0 aliphatic heterocycles. The minimum atomic E-state index is -1.09. The lowest BCUT2D eigenvalue weighted by Gasteiger charge is -2.23. The standard InChI is InChI=1S/C18H26N2O6/c1-5-24-15(21)14(20-17(23)26-18(2,3)4)11-19-16(22)25-12-13-9-7-6-8-10-13/h6-10,14H,5,11-12H2,1-4H3,(H,19,22)(H,20,23). The highest BCUT2D eigenvalue weighted by Crippen LogP contribution is 2.07. The van der Waals surface area contributed by atoms with Gasteiger partial charge in [-0.3, -0.25) is 0 Å². The number of benzene rings is 1. The number of nitrogens with one attached hydrogen (secondary N) is 2. The molecule has 0 saturated carbocycles. The van der Waals surface area contributed by atoms with E-state index in [-0.39, 0.29) is 19.8 Å². The molecule has 0 aromatic heterocycles. The van der Waals surface area contributed by atoms with Gasteiger partial charge in [-0.2, -0.15) is 0 Å². The highest BCUT2D eigenvalue weighted by molar-refractivity contribution is 5.82. The number of ether oxygens (including phenoxy) is 3. The van der Waals surface area contributed by atoms with Gasteiger partial charge in [-0.1, -0.05) is 30.3 Å². The lowest BCUT2D eigenvalue weighted by molar-refractivity contribution is -0.145. The van der Waals surface area contributed by atoms with Gasteiger partial charge in [-0.25, -0.2) is 14.4 Å². The Balaban J connectivity index is 2.52. The first kappa shape index (κ1) is 21.3. The number of carbonyl (C=O) groups excluding carboxylic acids is 3. The van der Waals surface area contributed by atoms with Crippen molar-refractivity contribution in [1.82, 2.24) is 10.6 Å². The Kier molecular flexibility index (Phi) is 8.41. The van der Waals surface area contributed by atoms with Crippen molar-refractivity contribution in [2.24, 2.45) is 0 Å². The molecule has 0 aliphatic carbocycles. The zero-order valence-electron chi connectivity index (χ0n) is 15.5. The lowest BCUT2D eigenvalue weighted by Crippen LogP contribution is -2.50. The molecule has 1 aromatic carbocycles. The van der Waals surface area contributed by atoms with Crippen molar-refractivity contribution in [1.29, 1.82) is 0 Å². The van der Waals surface area contributed by atoms with Crippen molar-refractivity contribution in [3.05, 3.63) is 35.9 Å². The first-order chi connectivity index (χ1) is 12.2. The zero-order chi connectivity index (χ0) is 19.6. The second-order valence-corrected chi connectivity index (χ2v) is 6.39. The number of hydrogen-bond donors (Lipinski definition) is 2. The fraction of sp³-hybridized carbons (Fsp3) is 0.500. The van der Waals surface area contributed by atoms with E-state index in [4.69, 9.17) is 14.2 Å². The van der Waals surface area contributed by atoms with Gasteiger partial charge in [-0.05, 0) is 33.3 Å². The van der Waals surface area contributed by atoms with Gasteiger partial charge in [-0.15, -0.1) is 0 Å². The Bertz CT molecular complexity index is 597. The monoisotopic (exact) mass is 366 g/mol. The highest BCUT2D eigenvalue weighted by Gasteiger charge is 2.26. The topological polar surface area (TPSA) is 103 Å². The summed E-state index contributed by atoms with van der Waals surface area (Å²) in [6.07, 6.45) is -1.50. The Morgan fingerprint density at radius 1 is 1.04 bits per heavy atom. The van der Waals surface area contributed by atoms with Crippen molar-refractivity contribution in [3.63, 3.8) is 0 Å². The molecular formula is C18H26N2O6. The Morgan fingerprint density at radius 3 is 2.27 bits per heavy atom. The quantitative estimate of drug-likeness (QED) is 0.567. The Labute approximate surface area is 153 Å². The molecule has 0 aliphatic rings. The molecule has 1 atom stereocenters. The van der Waals surface area contributed by atoms with E-state index in [1.165, 1.54) is 0 Å². The molecule has 0 saturated heterocycles. The van der Waals surface area contributed by atoms with Crippen molar-refractivity contribution >= 4 is 18.2 Å². The summed E-state index contributed by atoms with van der Waals surface area (Å²) in [6.45, 7) is 6.79. The van der Waals surface area contributed by atoms with Crippen LogP contribution in [0.4, 0.5) is 9.59 Å². The third-order valence-corrected chi connectivity index (χ3v) is 2.93. The van der Waals surface area contributed by atoms with Crippen LogP contribution in [0.2, 0.25) is 0 Å². The molecule has 8 nitrogen and oxygen atoms in total. The van der Waals surface area contributed by atoms with Gasteiger partial charge in [0.05, 0.1) is 13.2 Å². The van der Waals surface area contributed by atoms with E-state index < -0.39 is 29.8 Å². The minimum absolute atomic E-state index is 0.0935. The summed E-state index contributed by atoms with van der Waals surface area (Å²) < 4.78 is 15.1. The summed E-state index contributed by atoms with van der Waals surface area (Å²) in [5, 5.41) is 4.81. The van der Waals surface area contributed by atoms with Gasteiger partial charge in [0.2, 0.25) is 0 Å². The van der Waals surface area contributed by atoms with Crippen LogP contribution < -0.4 is 10.6 Å². The molecule has 26 heavy (non-hydrogen) atoms. The molecule has 2 N–H and O–H groups in total. The molecule has 2 amide bonds. The maximum absolute atomic E-state index is 12.0. The fourth-order valence-corrected chi connectivity index (χ4v) is 1.85. The highest BCUT2D eigenvalue weighted by atomic mass is 16.6. The van der Waals surface area contributed by atoms with Crippen molar-refractivity contribution in [2.75, 3.05) is 13.2 Å². The molecule has 0 radical (unpaired) electrons. The summed E-state index contributed by atoms with van der Waals surface area (Å²) in [5.74, 6) is -0.679. The second kappa shape index (κ2) is 10.3. The molecule has 144 valence electrons.